The molecule has 2 fully saturated rings. The summed E-state index contributed by atoms with van der Waals surface area (Å²) in [7, 11) is 0. The molecule has 6 heteroatoms. The average molecular weight is 316 g/mol. The molecule has 0 spiro atoms. The SMILES string of the molecule is [O-][N+]1(CCOCCOCC[N+]2([O-])CCCCC2)CCCCC1. The lowest BCUT2D eigenvalue weighted by Crippen LogP contribution is -2.48. The van der Waals surface area contributed by atoms with Gasteiger partial charge < -0.3 is 29.2 Å². The summed E-state index contributed by atoms with van der Waals surface area (Å²) in [5.41, 5.74) is 0. The summed E-state index contributed by atoms with van der Waals surface area (Å²) in [6, 6.07) is 0. The highest BCUT2D eigenvalue weighted by molar-refractivity contribution is 4.55. The molecule has 0 atom stereocenters. The fourth-order valence-corrected chi connectivity index (χ4v) is 3.41. The van der Waals surface area contributed by atoms with Crippen molar-refractivity contribution < 1.29 is 18.8 Å². The normalized spacial score (nSPS) is 24.3. The summed E-state index contributed by atoms with van der Waals surface area (Å²) in [5.74, 6) is 0. The Morgan fingerprint density at radius 2 is 0.909 bits per heavy atom. The maximum Gasteiger partial charge on any atom is 0.102 e. The molecular formula is C16H32N2O4. The molecule has 2 aliphatic rings. The summed E-state index contributed by atoms with van der Waals surface area (Å²) in [5, 5.41) is 24.5. The van der Waals surface area contributed by atoms with Gasteiger partial charge in [-0.15, -0.1) is 0 Å². The Hall–Kier alpha value is -0.240. The van der Waals surface area contributed by atoms with Crippen molar-refractivity contribution in [1.29, 1.82) is 0 Å². The van der Waals surface area contributed by atoms with E-state index in [1.807, 2.05) is 0 Å². The first-order valence-electron chi connectivity index (χ1n) is 8.92. The third-order valence-electron chi connectivity index (χ3n) is 4.92. The lowest BCUT2D eigenvalue weighted by molar-refractivity contribution is -0.886. The van der Waals surface area contributed by atoms with E-state index < -0.39 is 0 Å². The number of rotatable bonds is 9. The van der Waals surface area contributed by atoms with Crippen LogP contribution in [0.25, 0.3) is 0 Å². The number of hydrogen-bond donors (Lipinski definition) is 0. The van der Waals surface area contributed by atoms with Gasteiger partial charge in [-0.25, -0.2) is 0 Å². The van der Waals surface area contributed by atoms with Crippen LogP contribution in [0.1, 0.15) is 38.5 Å². The van der Waals surface area contributed by atoms with Crippen molar-refractivity contribution in [1.82, 2.24) is 0 Å². The number of piperidine rings is 2. The summed E-state index contributed by atoms with van der Waals surface area (Å²) >= 11 is 0. The van der Waals surface area contributed by atoms with E-state index in [-0.39, 0.29) is 9.29 Å². The third-order valence-corrected chi connectivity index (χ3v) is 4.92. The number of ether oxygens (including phenoxy) is 2. The number of hydroxylamine groups is 6. The van der Waals surface area contributed by atoms with Crippen molar-refractivity contribution >= 4 is 0 Å². The topological polar surface area (TPSA) is 64.6 Å². The molecule has 0 bridgehead atoms. The first kappa shape index (κ1) is 18.1. The van der Waals surface area contributed by atoms with Gasteiger partial charge in [0.15, 0.2) is 0 Å². The quantitative estimate of drug-likeness (QED) is 0.371. The molecule has 0 aromatic rings. The number of nitrogens with zero attached hydrogens (tertiary/aromatic N) is 2. The monoisotopic (exact) mass is 316 g/mol. The van der Waals surface area contributed by atoms with Crippen LogP contribution in [-0.4, -0.2) is 75.0 Å². The van der Waals surface area contributed by atoms with Gasteiger partial charge in [0.25, 0.3) is 0 Å². The molecule has 2 saturated heterocycles. The zero-order chi connectivity index (χ0) is 15.7. The summed E-state index contributed by atoms with van der Waals surface area (Å²) in [6.45, 7) is 6.11. The molecule has 0 amide bonds. The minimum Gasteiger partial charge on any atom is -0.633 e. The van der Waals surface area contributed by atoms with Crippen LogP contribution in [-0.2, 0) is 9.47 Å². The standard InChI is InChI=1S/C16H32N2O4/c19-17(7-3-1-4-8-17)11-13-21-15-16-22-14-12-18(20)9-5-2-6-10-18/h1-16H2. The maximum atomic E-state index is 12.3. The Bertz CT molecular complexity index is 273. The Labute approximate surface area is 134 Å². The van der Waals surface area contributed by atoms with E-state index in [4.69, 9.17) is 9.47 Å². The smallest absolute Gasteiger partial charge is 0.102 e. The van der Waals surface area contributed by atoms with E-state index in [2.05, 4.69) is 0 Å². The first-order chi connectivity index (χ1) is 10.6. The van der Waals surface area contributed by atoms with Crippen LogP contribution in [0.4, 0.5) is 0 Å². The minimum absolute atomic E-state index is 0.0863. The Balaban J connectivity index is 1.42. The van der Waals surface area contributed by atoms with Crippen molar-refractivity contribution in [2.45, 2.75) is 38.5 Å². The Morgan fingerprint density at radius 3 is 1.27 bits per heavy atom. The van der Waals surface area contributed by atoms with Gasteiger partial charge in [-0.1, -0.05) is 0 Å². The lowest BCUT2D eigenvalue weighted by Gasteiger charge is -2.45. The van der Waals surface area contributed by atoms with Crippen LogP contribution in [0.15, 0.2) is 0 Å². The second kappa shape index (κ2) is 9.15. The number of hydrogen-bond acceptors (Lipinski definition) is 4. The molecule has 22 heavy (non-hydrogen) atoms. The predicted molar refractivity (Wildman–Crippen MR) is 85.8 cm³/mol. The molecule has 2 aliphatic heterocycles. The zero-order valence-corrected chi connectivity index (χ0v) is 13.8. The predicted octanol–water partition coefficient (Wildman–Crippen LogP) is 2.02. The van der Waals surface area contributed by atoms with Gasteiger partial charge in [0.2, 0.25) is 0 Å². The van der Waals surface area contributed by atoms with Gasteiger partial charge >= 0.3 is 0 Å². The van der Waals surface area contributed by atoms with Crippen molar-refractivity contribution in [2.24, 2.45) is 0 Å². The minimum atomic E-state index is -0.0863. The van der Waals surface area contributed by atoms with Gasteiger partial charge in [-0.05, 0) is 38.5 Å². The second-order valence-corrected chi connectivity index (χ2v) is 6.80. The van der Waals surface area contributed by atoms with Gasteiger partial charge in [0.05, 0.1) is 52.6 Å². The largest absolute Gasteiger partial charge is 0.633 e. The van der Waals surface area contributed by atoms with E-state index in [0.717, 1.165) is 51.9 Å². The van der Waals surface area contributed by atoms with E-state index >= 15 is 0 Å². The molecule has 130 valence electrons. The molecular weight excluding hydrogens is 284 g/mol. The number of quaternary nitrogens is 2. The van der Waals surface area contributed by atoms with E-state index in [1.165, 1.54) is 12.8 Å². The summed E-state index contributed by atoms with van der Waals surface area (Å²) in [4.78, 5) is 0. The van der Waals surface area contributed by atoms with E-state index in [0.29, 0.717) is 39.5 Å². The third kappa shape index (κ3) is 6.48. The molecule has 0 N–H and O–H groups in total. The van der Waals surface area contributed by atoms with Crippen LogP contribution >= 0.6 is 0 Å². The van der Waals surface area contributed by atoms with Crippen molar-refractivity contribution in [2.75, 3.05) is 65.7 Å². The maximum absolute atomic E-state index is 12.3. The molecule has 2 heterocycles. The van der Waals surface area contributed by atoms with Gasteiger partial charge in [-0.2, -0.15) is 0 Å². The first-order valence-corrected chi connectivity index (χ1v) is 8.92. The molecule has 2 rings (SSSR count). The van der Waals surface area contributed by atoms with Crippen LogP contribution < -0.4 is 0 Å². The van der Waals surface area contributed by atoms with E-state index in [1.54, 1.807) is 0 Å². The highest BCUT2D eigenvalue weighted by atomic mass is 16.6. The van der Waals surface area contributed by atoms with Crippen LogP contribution in [0.5, 0.6) is 0 Å². The Morgan fingerprint density at radius 1 is 0.545 bits per heavy atom. The molecule has 0 radical (unpaired) electrons. The van der Waals surface area contributed by atoms with Gasteiger partial charge in [0, 0.05) is 0 Å². The lowest BCUT2D eigenvalue weighted by atomic mass is 10.1. The van der Waals surface area contributed by atoms with Crippen molar-refractivity contribution in [3.05, 3.63) is 10.4 Å². The zero-order valence-electron chi connectivity index (χ0n) is 13.8. The molecule has 6 nitrogen and oxygen atoms in total. The highest BCUT2D eigenvalue weighted by Crippen LogP contribution is 2.17. The fourth-order valence-electron chi connectivity index (χ4n) is 3.41. The summed E-state index contributed by atoms with van der Waals surface area (Å²) in [6.07, 6.45) is 6.56. The molecule has 0 aromatic carbocycles. The molecule has 0 saturated carbocycles. The Kier molecular flexibility index (Phi) is 7.53. The van der Waals surface area contributed by atoms with Crippen LogP contribution in [0, 0.1) is 10.4 Å². The van der Waals surface area contributed by atoms with Gasteiger partial charge in [0.1, 0.15) is 13.1 Å². The summed E-state index contributed by atoms with van der Waals surface area (Å²) < 4.78 is 10.8. The number of likely N-dealkylation sites (tertiary alicyclic amines) is 2. The molecule has 0 aromatic heterocycles. The van der Waals surface area contributed by atoms with Crippen molar-refractivity contribution in [3.8, 4) is 0 Å². The highest BCUT2D eigenvalue weighted by Gasteiger charge is 2.21. The van der Waals surface area contributed by atoms with Crippen LogP contribution in [0.3, 0.4) is 0 Å². The van der Waals surface area contributed by atoms with Crippen molar-refractivity contribution in [3.63, 3.8) is 0 Å². The molecule has 0 aliphatic carbocycles. The van der Waals surface area contributed by atoms with Gasteiger partial charge in [-0.3, -0.25) is 0 Å². The fraction of sp³-hybridized carbons (Fsp3) is 1.00. The van der Waals surface area contributed by atoms with Crippen LogP contribution in [0.2, 0.25) is 0 Å². The second-order valence-electron chi connectivity index (χ2n) is 6.80. The molecule has 0 unspecified atom stereocenters. The average Bonchev–Trinajstić information content (AvgIpc) is 2.51. The van der Waals surface area contributed by atoms with E-state index in [9.17, 15) is 10.4 Å².